The van der Waals surface area contributed by atoms with Crippen molar-refractivity contribution in [2.24, 2.45) is 0 Å². The number of anilines is 3. The van der Waals surface area contributed by atoms with E-state index in [1.54, 1.807) is 0 Å². The Kier molecular flexibility index (Phi) is 3.37. The first-order valence-electron chi connectivity index (χ1n) is 4.67. The van der Waals surface area contributed by atoms with Crippen molar-refractivity contribution < 1.29 is 13.2 Å². The van der Waals surface area contributed by atoms with Crippen LogP contribution in [0.4, 0.5) is 30.6 Å². The normalized spacial score (nSPS) is 10.4. The van der Waals surface area contributed by atoms with Crippen LogP contribution in [0, 0.1) is 17.5 Å². The van der Waals surface area contributed by atoms with Gasteiger partial charge in [-0.05, 0) is 22.0 Å². The largest absolute Gasteiger partial charge is 0.368 e. The molecule has 0 unspecified atom stereocenters. The van der Waals surface area contributed by atoms with Crippen LogP contribution in [0.15, 0.2) is 22.8 Å². The Morgan fingerprint density at radius 2 is 1.83 bits per heavy atom. The second-order valence-electron chi connectivity index (χ2n) is 3.30. The Hall–Kier alpha value is -1.83. The van der Waals surface area contributed by atoms with E-state index in [1.807, 2.05) is 0 Å². The van der Waals surface area contributed by atoms with Gasteiger partial charge in [0.2, 0.25) is 5.95 Å². The average Bonchev–Trinajstić information content (AvgIpc) is 2.30. The number of nitrogens with two attached hydrogens (primary N) is 1. The number of nitrogen functional groups attached to an aromatic ring is 1. The van der Waals surface area contributed by atoms with Crippen LogP contribution in [0.2, 0.25) is 0 Å². The Morgan fingerprint density at radius 3 is 2.56 bits per heavy atom. The predicted octanol–water partition coefficient (Wildman–Crippen LogP) is 2.98. The highest BCUT2D eigenvalue weighted by atomic mass is 79.9. The fourth-order valence-corrected chi connectivity index (χ4v) is 1.53. The lowest BCUT2D eigenvalue weighted by Crippen LogP contribution is -2.04. The summed E-state index contributed by atoms with van der Waals surface area (Å²) in [7, 11) is 0. The van der Waals surface area contributed by atoms with Crippen molar-refractivity contribution in [1.82, 2.24) is 9.97 Å². The molecule has 1 aromatic carbocycles. The van der Waals surface area contributed by atoms with Gasteiger partial charge in [0.25, 0.3) is 0 Å². The number of benzene rings is 1. The third-order valence-electron chi connectivity index (χ3n) is 2.03. The van der Waals surface area contributed by atoms with E-state index in [-0.39, 0.29) is 21.9 Å². The van der Waals surface area contributed by atoms with Crippen LogP contribution in [0.1, 0.15) is 0 Å². The fraction of sp³-hybridized carbons (Fsp3) is 0. The quantitative estimate of drug-likeness (QED) is 0.835. The molecule has 3 N–H and O–H groups in total. The lowest BCUT2D eigenvalue weighted by atomic mass is 10.3. The zero-order chi connectivity index (χ0) is 13.3. The minimum absolute atomic E-state index is 0.0341. The number of rotatable bonds is 2. The summed E-state index contributed by atoms with van der Waals surface area (Å²) in [5, 5.41) is 2.31. The zero-order valence-corrected chi connectivity index (χ0v) is 10.3. The second-order valence-corrected chi connectivity index (χ2v) is 4.15. The van der Waals surface area contributed by atoms with Crippen molar-refractivity contribution in [3.05, 3.63) is 40.3 Å². The highest BCUT2D eigenvalue weighted by Gasteiger charge is 2.12. The van der Waals surface area contributed by atoms with Gasteiger partial charge in [0.15, 0.2) is 11.6 Å². The fourth-order valence-electron chi connectivity index (χ4n) is 1.21. The summed E-state index contributed by atoms with van der Waals surface area (Å²) in [6.45, 7) is 0. The SMILES string of the molecule is Nc1ncc(F)c(Nc2cc(F)c(Br)cc2F)n1. The molecule has 0 atom stereocenters. The summed E-state index contributed by atoms with van der Waals surface area (Å²) >= 11 is 2.83. The molecule has 0 saturated heterocycles. The van der Waals surface area contributed by atoms with Gasteiger partial charge < -0.3 is 11.1 Å². The molecule has 94 valence electrons. The highest BCUT2D eigenvalue weighted by molar-refractivity contribution is 9.10. The molecular weight excluding hydrogens is 313 g/mol. The lowest BCUT2D eigenvalue weighted by Gasteiger charge is -2.08. The van der Waals surface area contributed by atoms with Crippen LogP contribution in [0.3, 0.4) is 0 Å². The molecule has 0 aliphatic heterocycles. The first kappa shape index (κ1) is 12.6. The van der Waals surface area contributed by atoms with Crippen LogP contribution in [0.25, 0.3) is 0 Å². The molecule has 0 amide bonds. The second kappa shape index (κ2) is 4.81. The number of nitrogens with one attached hydrogen (secondary N) is 1. The maximum absolute atomic E-state index is 13.5. The highest BCUT2D eigenvalue weighted by Crippen LogP contribution is 2.26. The van der Waals surface area contributed by atoms with E-state index in [0.29, 0.717) is 0 Å². The maximum atomic E-state index is 13.5. The van der Waals surface area contributed by atoms with E-state index in [9.17, 15) is 13.2 Å². The number of halogens is 4. The number of hydrogen-bond acceptors (Lipinski definition) is 4. The van der Waals surface area contributed by atoms with E-state index in [0.717, 1.165) is 18.3 Å². The van der Waals surface area contributed by atoms with Gasteiger partial charge in [-0.3, -0.25) is 0 Å². The molecule has 1 heterocycles. The third kappa shape index (κ3) is 2.53. The van der Waals surface area contributed by atoms with Gasteiger partial charge in [0, 0.05) is 6.07 Å². The monoisotopic (exact) mass is 318 g/mol. The van der Waals surface area contributed by atoms with Gasteiger partial charge in [-0.2, -0.15) is 4.98 Å². The lowest BCUT2D eigenvalue weighted by molar-refractivity contribution is 0.596. The molecule has 0 aliphatic rings. The summed E-state index contributed by atoms with van der Waals surface area (Å²) in [6.07, 6.45) is 0.831. The zero-order valence-electron chi connectivity index (χ0n) is 8.72. The number of hydrogen-bond donors (Lipinski definition) is 2. The molecule has 0 saturated carbocycles. The molecule has 0 aliphatic carbocycles. The summed E-state index contributed by atoms with van der Waals surface area (Å²) in [5.74, 6) is -2.80. The topological polar surface area (TPSA) is 63.8 Å². The molecule has 0 fully saturated rings. The minimum Gasteiger partial charge on any atom is -0.368 e. The van der Waals surface area contributed by atoms with Gasteiger partial charge in [0.05, 0.1) is 16.4 Å². The third-order valence-corrected chi connectivity index (χ3v) is 2.63. The molecule has 4 nitrogen and oxygen atoms in total. The molecule has 0 spiro atoms. The van der Waals surface area contributed by atoms with Gasteiger partial charge in [0.1, 0.15) is 11.6 Å². The average molecular weight is 319 g/mol. The molecular formula is C10H6BrF3N4. The van der Waals surface area contributed by atoms with E-state index >= 15 is 0 Å². The van der Waals surface area contributed by atoms with E-state index in [4.69, 9.17) is 5.73 Å². The van der Waals surface area contributed by atoms with Crippen LogP contribution in [-0.2, 0) is 0 Å². The predicted molar refractivity (Wildman–Crippen MR) is 63.7 cm³/mol. The Balaban J connectivity index is 2.40. The van der Waals surface area contributed by atoms with Gasteiger partial charge >= 0.3 is 0 Å². The van der Waals surface area contributed by atoms with Crippen LogP contribution in [-0.4, -0.2) is 9.97 Å². The summed E-state index contributed by atoms with van der Waals surface area (Å²) in [6, 6.07) is 1.79. The first-order valence-corrected chi connectivity index (χ1v) is 5.46. The van der Waals surface area contributed by atoms with Crippen molar-refractivity contribution in [2.75, 3.05) is 11.1 Å². The first-order chi connectivity index (χ1) is 8.47. The molecule has 2 rings (SSSR count). The molecule has 0 radical (unpaired) electrons. The summed E-state index contributed by atoms with van der Waals surface area (Å²) in [4.78, 5) is 6.95. The molecule has 8 heteroatoms. The number of aromatic nitrogens is 2. The van der Waals surface area contributed by atoms with Gasteiger partial charge in [-0.1, -0.05) is 0 Å². The molecule has 2 aromatic rings. The number of nitrogens with zero attached hydrogens (tertiary/aromatic N) is 2. The van der Waals surface area contributed by atoms with Crippen molar-refractivity contribution in [2.45, 2.75) is 0 Å². The molecule has 0 bridgehead atoms. The van der Waals surface area contributed by atoms with Crippen LogP contribution < -0.4 is 11.1 Å². The minimum atomic E-state index is -0.827. The summed E-state index contributed by atoms with van der Waals surface area (Å²) in [5.41, 5.74) is 5.01. The van der Waals surface area contributed by atoms with Crippen LogP contribution in [0.5, 0.6) is 0 Å². The Bertz CT molecular complexity index is 606. The standard InChI is InChI=1S/C10H6BrF3N4/c11-4-1-6(13)8(2-5(4)12)17-9-7(14)3-16-10(15)18-9/h1-3H,(H3,15,16,17,18). The van der Waals surface area contributed by atoms with Crippen LogP contribution >= 0.6 is 15.9 Å². The van der Waals surface area contributed by atoms with Crippen molar-refractivity contribution in [3.63, 3.8) is 0 Å². The van der Waals surface area contributed by atoms with Gasteiger partial charge in [-0.15, -0.1) is 0 Å². The Morgan fingerprint density at radius 1 is 1.11 bits per heavy atom. The van der Waals surface area contributed by atoms with E-state index < -0.39 is 17.5 Å². The van der Waals surface area contributed by atoms with Crippen molar-refractivity contribution >= 4 is 33.4 Å². The summed E-state index contributed by atoms with van der Waals surface area (Å²) < 4.78 is 40.0. The van der Waals surface area contributed by atoms with Crippen molar-refractivity contribution in [1.29, 1.82) is 0 Å². The smallest absolute Gasteiger partial charge is 0.222 e. The van der Waals surface area contributed by atoms with Crippen molar-refractivity contribution in [3.8, 4) is 0 Å². The molecule has 18 heavy (non-hydrogen) atoms. The molecule has 1 aromatic heterocycles. The maximum Gasteiger partial charge on any atom is 0.222 e. The van der Waals surface area contributed by atoms with Gasteiger partial charge in [-0.25, -0.2) is 18.2 Å². The van der Waals surface area contributed by atoms with E-state index in [2.05, 4.69) is 31.2 Å². The van der Waals surface area contributed by atoms with E-state index in [1.165, 1.54) is 0 Å². The Labute approximate surface area is 108 Å².